The van der Waals surface area contributed by atoms with Crippen LogP contribution in [0.25, 0.3) is 0 Å². The number of alkyl halides is 3. The van der Waals surface area contributed by atoms with E-state index in [1.807, 2.05) is 12.1 Å². The molecule has 6 nitrogen and oxygen atoms in total. The molecule has 1 aromatic rings. The minimum absolute atomic E-state index is 0. The predicted octanol–water partition coefficient (Wildman–Crippen LogP) is 3.32. The predicted molar refractivity (Wildman–Crippen MR) is 117 cm³/mol. The van der Waals surface area contributed by atoms with Crippen LogP contribution in [0.3, 0.4) is 0 Å². The van der Waals surface area contributed by atoms with Crippen LogP contribution in [0.15, 0.2) is 23.3 Å². The summed E-state index contributed by atoms with van der Waals surface area (Å²) in [4.78, 5) is 9.97. The Bertz CT molecular complexity index is 667. The van der Waals surface area contributed by atoms with Crippen LogP contribution in [0.2, 0.25) is 0 Å². The number of aliphatic imine (C=N–C) groups is 1. The van der Waals surface area contributed by atoms with Crippen LogP contribution >= 0.6 is 24.0 Å². The maximum atomic E-state index is 12.5. The van der Waals surface area contributed by atoms with E-state index in [4.69, 9.17) is 4.74 Å². The van der Waals surface area contributed by atoms with E-state index in [9.17, 15) is 13.2 Å². The highest BCUT2D eigenvalue weighted by Gasteiger charge is 2.34. The molecule has 1 aromatic heterocycles. The summed E-state index contributed by atoms with van der Waals surface area (Å²) in [5, 5.41) is 6.43. The number of pyridine rings is 1. The average Bonchev–Trinajstić information content (AvgIpc) is 3.30. The Labute approximate surface area is 186 Å². The second kappa shape index (κ2) is 11.2. The third-order valence-corrected chi connectivity index (χ3v) is 5.12. The van der Waals surface area contributed by atoms with Crippen LogP contribution in [-0.2, 0) is 6.54 Å². The van der Waals surface area contributed by atoms with Gasteiger partial charge >= 0.3 is 6.18 Å². The second-order valence-corrected chi connectivity index (χ2v) is 7.40. The first kappa shape index (κ1) is 24.0. The smallest absolute Gasteiger partial charge is 0.401 e. The van der Waals surface area contributed by atoms with Gasteiger partial charge in [0.25, 0.3) is 0 Å². The Morgan fingerprint density at radius 1 is 1.31 bits per heavy atom. The Morgan fingerprint density at radius 2 is 2.07 bits per heavy atom. The molecule has 1 aliphatic heterocycles. The largest absolute Gasteiger partial charge is 0.474 e. The van der Waals surface area contributed by atoms with Crippen molar-refractivity contribution >= 4 is 29.9 Å². The maximum Gasteiger partial charge on any atom is 0.401 e. The van der Waals surface area contributed by atoms with Crippen LogP contribution < -0.4 is 15.4 Å². The van der Waals surface area contributed by atoms with Crippen molar-refractivity contribution in [1.82, 2.24) is 20.5 Å². The lowest BCUT2D eigenvalue weighted by Crippen LogP contribution is -2.45. The van der Waals surface area contributed by atoms with E-state index in [0.29, 0.717) is 37.9 Å². The number of nitrogens with zero attached hydrogens (tertiary/aromatic N) is 3. The van der Waals surface area contributed by atoms with Gasteiger partial charge in [-0.25, -0.2) is 4.98 Å². The van der Waals surface area contributed by atoms with Gasteiger partial charge in [-0.05, 0) is 38.2 Å². The summed E-state index contributed by atoms with van der Waals surface area (Å²) in [5.41, 5.74) is 0.933. The molecule has 1 saturated carbocycles. The van der Waals surface area contributed by atoms with Crippen molar-refractivity contribution in [2.24, 2.45) is 4.99 Å². The zero-order valence-corrected chi connectivity index (χ0v) is 18.9. The van der Waals surface area contributed by atoms with Gasteiger partial charge in [-0.15, -0.1) is 24.0 Å². The molecule has 29 heavy (non-hydrogen) atoms. The fraction of sp³-hybridized carbons (Fsp3) is 0.684. The van der Waals surface area contributed by atoms with Gasteiger partial charge < -0.3 is 15.4 Å². The summed E-state index contributed by atoms with van der Waals surface area (Å²) in [6, 6.07) is 3.76. The number of aromatic nitrogens is 1. The van der Waals surface area contributed by atoms with E-state index in [1.165, 1.54) is 17.7 Å². The fourth-order valence-corrected chi connectivity index (χ4v) is 3.74. The molecule has 0 radical (unpaired) electrons. The topological polar surface area (TPSA) is 61.8 Å². The van der Waals surface area contributed by atoms with E-state index in [2.05, 4.69) is 20.6 Å². The SMILES string of the molecule is CN=C(NCc1cccnc1OC1CCCC1)NC1CCN(CC(F)(F)F)C1.I. The quantitative estimate of drug-likeness (QED) is 0.338. The molecule has 3 rings (SSSR count). The minimum Gasteiger partial charge on any atom is -0.474 e. The molecule has 1 aliphatic carbocycles. The van der Waals surface area contributed by atoms with Crippen molar-refractivity contribution in [2.45, 2.75) is 57.0 Å². The van der Waals surface area contributed by atoms with Crippen LogP contribution in [0.4, 0.5) is 13.2 Å². The molecule has 2 N–H and O–H groups in total. The first-order valence-electron chi connectivity index (χ1n) is 9.80. The molecule has 1 saturated heterocycles. The number of nitrogens with one attached hydrogen (secondary N) is 2. The van der Waals surface area contributed by atoms with Crippen molar-refractivity contribution in [3.8, 4) is 5.88 Å². The summed E-state index contributed by atoms with van der Waals surface area (Å²) in [6.07, 6.45) is 2.93. The standard InChI is InChI=1S/C19H28F3N5O.HI/c1-23-18(26-15-8-10-27(12-15)13-19(20,21)22)25-11-14-5-4-9-24-17(14)28-16-6-2-3-7-16;/h4-5,9,15-16H,2-3,6-8,10-13H2,1H3,(H2,23,25,26);1H. The van der Waals surface area contributed by atoms with Crippen molar-refractivity contribution in [3.63, 3.8) is 0 Å². The van der Waals surface area contributed by atoms with E-state index in [-0.39, 0.29) is 36.1 Å². The number of rotatable bonds is 6. The number of likely N-dealkylation sites (tertiary alicyclic amines) is 1. The lowest BCUT2D eigenvalue weighted by atomic mass is 10.2. The Balaban J connectivity index is 0.00000300. The van der Waals surface area contributed by atoms with Gasteiger partial charge in [0.1, 0.15) is 6.10 Å². The second-order valence-electron chi connectivity index (χ2n) is 7.40. The number of ether oxygens (including phenoxy) is 1. The maximum absolute atomic E-state index is 12.5. The molecule has 0 aromatic carbocycles. The molecule has 1 atom stereocenters. The van der Waals surface area contributed by atoms with Crippen molar-refractivity contribution in [2.75, 3.05) is 26.7 Å². The first-order chi connectivity index (χ1) is 13.4. The average molecular weight is 527 g/mol. The Kier molecular flexibility index (Phi) is 9.25. The Hall–Kier alpha value is -1.30. The molecule has 10 heteroatoms. The number of hydrogen-bond donors (Lipinski definition) is 2. The van der Waals surface area contributed by atoms with Gasteiger partial charge in [0.05, 0.1) is 6.54 Å². The van der Waals surface area contributed by atoms with E-state index in [0.717, 1.165) is 18.4 Å². The molecule has 1 unspecified atom stereocenters. The molecule has 0 amide bonds. The van der Waals surface area contributed by atoms with Gasteiger partial charge in [0, 0.05) is 44.5 Å². The molecule has 164 valence electrons. The number of guanidine groups is 1. The van der Waals surface area contributed by atoms with Gasteiger partial charge in [0.15, 0.2) is 5.96 Å². The van der Waals surface area contributed by atoms with Gasteiger partial charge in [-0.2, -0.15) is 13.2 Å². The highest BCUT2D eigenvalue weighted by Crippen LogP contribution is 2.25. The third-order valence-electron chi connectivity index (χ3n) is 5.12. The molecule has 0 spiro atoms. The monoisotopic (exact) mass is 527 g/mol. The zero-order valence-electron chi connectivity index (χ0n) is 16.5. The molecule has 2 aliphatic rings. The molecular weight excluding hydrogens is 498 g/mol. The molecular formula is C19H29F3IN5O. The van der Waals surface area contributed by atoms with Crippen LogP contribution in [0, 0.1) is 0 Å². The summed E-state index contributed by atoms with van der Waals surface area (Å²) in [7, 11) is 1.65. The first-order valence-corrected chi connectivity index (χ1v) is 9.80. The molecule has 0 bridgehead atoms. The lowest BCUT2D eigenvalue weighted by Gasteiger charge is -2.20. The van der Waals surface area contributed by atoms with Gasteiger partial charge in [-0.1, -0.05) is 6.07 Å². The molecule has 2 fully saturated rings. The van der Waals surface area contributed by atoms with Crippen molar-refractivity contribution in [1.29, 1.82) is 0 Å². The normalized spacial score (nSPS) is 21.1. The lowest BCUT2D eigenvalue weighted by molar-refractivity contribution is -0.143. The van der Waals surface area contributed by atoms with Gasteiger partial charge in [-0.3, -0.25) is 9.89 Å². The third kappa shape index (κ3) is 7.80. The van der Waals surface area contributed by atoms with Crippen LogP contribution in [0.1, 0.15) is 37.7 Å². The van der Waals surface area contributed by atoms with E-state index in [1.54, 1.807) is 13.2 Å². The summed E-state index contributed by atoms with van der Waals surface area (Å²) in [5.74, 6) is 1.20. The van der Waals surface area contributed by atoms with Gasteiger partial charge in [0.2, 0.25) is 5.88 Å². The highest BCUT2D eigenvalue weighted by molar-refractivity contribution is 14.0. The van der Waals surface area contributed by atoms with Crippen LogP contribution in [-0.4, -0.2) is 60.8 Å². The summed E-state index contributed by atoms with van der Waals surface area (Å²) >= 11 is 0. The Morgan fingerprint density at radius 3 is 2.76 bits per heavy atom. The minimum atomic E-state index is -4.16. The van der Waals surface area contributed by atoms with Crippen molar-refractivity contribution < 1.29 is 17.9 Å². The molecule has 2 heterocycles. The van der Waals surface area contributed by atoms with E-state index >= 15 is 0 Å². The fourth-order valence-electron chi connectivity index (χ4n) is 3.74. The number of halogens is 4. The summed E-state index contributed by atoms with van der Waals surface area (Å²) < 4.78 is 43.7. The van der Waals surface area contributed by atoms with Crippen LogP contribution in [0.5, 0.6) is 5.88 Å². The highest BCUT2D eigenvalue weighted by atomic mass is 127. The summed E-state index contributed by atoms with van der Waals surface area (Å²) in [6.45, 7) is 0.391. The number of hydrogen-bond acceptors (Lipinski definition) is 4. The van der Waals surface area contributed by atoms with E-state index < -0.39 is 12.7 Å². The zero-order chi connectivity index (χ0) is 20.0. The van der Waals surface area contributed by atoms with Crippen molar-refractivity contribution in [3.05, 3.63) is 23.9 Å².